The van der Waals surface area contributed by atoms with E-state index in [9.17, 15) is 10.2 Å². The first-order valence-electron chi connectivity index (χ1n) is 9.44. The summed E-state index contributed by atoms with van der Waals surface area (Å²) in [5.74, 6) is 0.592. The predicted molar refractivity (Wildman–Crippen MR) is 106 cm³/mol. The van der Waals surface area contributed by atoms with Crippen LogP contribution in [0.15, 0.2) is 43.0 Å². The molecule has 0 bridgehead atoms. The van der Waals surface area contributed by atoms with E-state index in [1.165, 1.54) is 13.4 Å². The first kappa shape index (κ1) is 19.7. The second kappa shape index (κ2) is 7.68. The van der Waals surface area contributed by atoms with Crippen molar-refractivity contribution >= 4 is 17.0 Å². The molecule has 1 aromatic carbocycles. The Morgan fingerprint density at radius 1 is 1.21 bits per heavy atom. The maximum Gasteiger partial charge on any atom is 0.167 e. The van der Waals surface area contributed by atoms with E-state index in [-0.39, 0.29) is 12.1 Å². The van der Waals surface area contributed by atoms with Crippen molar-refractivity contribution in [3.63, 3.8) is 0 Å². The van der Waals surface area contributed by atoms with Gasteiger partial charge in [-0.15, -0.1) is 0 Å². The summed E-state index contributed by atoms with van der Waals surface area (Å²) in [6, 6.07) is 10.1. The molecular weight excluding hydrogens is 374 g/mol. The molecule has 0 aliphatic carbocycles. The fourth-order valence-electron chi connectivity index (χ4n) is 3.70. The van der Waals surface area contributed by atoms with E-state index in [2.05, 4.69) is 46.2 Å². The van der Waals surface area contributed by atoms with E-state index < -0.39 is 24.5 Å². The highest BCUT2D eigenvalue weighted by molar-refractivity contribution is 5.83. The predicted octanol–water partition coefficient (Wildman–Crippen LogP) is 1.44. The molecule has 0 radical (unpaired) electrons. The smallest absolute Gasteiger partial charge is 0.167 e. The topological polar surface area (TPSA) is 115 Å². The van der Waals surface area contributed by atoms with Crippen LogP contribution in [0.4, 0.5) is 5.82 Å². The number of rotatable bonds is 6. The Morgan fingerprint density at radius 3 is 2.66 bits per heavy atom. The van der Waals surface area contributed by atoms with Crippen LogP contribution in [-0.4, -0.2) is 61.8 Å². The van der Waals surface area contributed by atoms with E-state index in [0.717, 1.165) is 5.56 Å². The SMILES string of the molecule is CO[C@@H]1[C@H](O)[C@@H](CO)O[C@H]1n1cnc2c(NC(C)(C)c3ccccc3)ncnc21. The number of nitrogens with one attached hydrogen (secondary N) is 1. The quantitative estimate of drug-likeness (QED) is 0.570. The van der Waals surface area contributed by atoms with E-state index in [1.807, 2.05) is 18.2 Å². The number of aromatic nitrogens is 4. The lowest BCUT2D eigenvalue weighted by atomic mass is 9.94. The minimum atomic E-state index is -0.955. The molecule has 154 valence electrons. The minimum absolute atomic E-state index is 0.308. The van der Waals surface area contributed by atoms with Gasteiger partial charge in [0.05, 0.1) is 18.5 Å². The highest BCUT2D eigenvalue weighted by atomic mass is 16.6. The monoisotopic (exact) mass is 399 g/mol. The van der Waals surface area contributed by atoms with E-state index in [0.29, 0.717) is 17.0 Å². The van der Waals surface area contributed by atoms with Gasteiger partial charge >= 0.3 is 0 Å². The molecule has 0 unspecified atom stereocenters. The van der Waals surface area contributed by atoms with Crippen molar-refractivity contribution in [2.75, 3.05) is 19.0 Å². The number of ether oxygens (including phenoxy) is 2. The molecule has 1 aliphatic rings. The highest BCUT2D eigenvalue weighted by Crippen LogP contribution is 2.34. The fourth-order valence-corrected chi connectivity index (χ4v) is 3.70. The van der Waals surface area contributed by atoms with Gasteiger partial charge in [-0.05, 0) is 19.4 Å². The maximum absolute atomic E-state index is 10.3. The third-order valence-corrected chi connectivity index (χ3v) is 5.32. The van der Waals surface area contributed by atoms with Crippen LogP contribution in [0, 0.1) is 0 Å². The maximum atomic E-state index is 10.3. The zero-order valence-electron chi connectivity index (χ0n) is 16.6. The average molecular weight is 399 g/mol. The first-order valence-corrected chi connectivity index (χ1v) is 9.44. The van der Waals surface area contributed by atoms with Crippen LogP contribution in [-0.2, 0) is 15.0 Å². The van der Waals surface area contributed by atoms with Crippen molar-refractivity contribution in [2.24, 2.45) is 0 Å². The highest BCUT2D eigenvalue weighted by Gasteiger charge is 2.45. The van der Waals surface area contributed by atoms with E-state index >= 15 is 0 Å². The Labute approximate surface area is 168 Å². The summed E-state index contributed by atoms with van der Waals surface area (Å²) in [5, 5.41) is 23.2. The third kappa shape index (κ3) is 3.46. The van der Waals surface area contributed by atoms with Crippen LogP contribution in [0.3, 0.4) is 0 Å². The number of benzene rings is 1. The van der Waals surface area contributed by atoms with Crippen LogP contribution >= 0.6 is 0 Å². The second-order valence-electron chi connectivity index (χ2n) is 7.60. The summed E-state index contributed by atoms with van der Waals surface area (Å²) in [6.07, 6.45) is 0.0329. The normalized spacial score (nSPS) is 24.9. The van der Waals surface area contributed by atoms with Crippen LogP contribution in [0.5, 0.6) is 0 Å². The molecule has 2 aromatic heterocycles. The lowest BCUT2D eigenvalue weighted by Crippen LogP contribution is -2.34. The molecular formula is C20H25N5O4. The standard InChI is InChI=1S/C20H25N5O4/c1-20(2,12-7-5-4-6-8-12)24-17-14-18(22-10-21-17)25(11-23-14)19-16(28-3)15(27)13(9-26)29-19/h4-8,10-11,13,15-16,19,26-27H,9H2,1-3H3,(H,21,22,24)/t13-,15-,16-,19-/m1/s1. The second-order valence-corrected chi connectivity index (χ2v) is 7.60. The van der Waals surface area contributed by atoms with Gasteiger partial charge in [0.25, 0.3) is 0 Å². The number of hydrogen-bond donors (Lipinski definition) is 3. The first-order chi connectivity index (χ1) is 14.0. The average Bonchev–Trinajstić information content (AvgIpc) is 3.29. The number of imidazole rings is 1. The Hall–Kier alpha value is -2.59. The van der Waals surface area contributed by atoms with Gasteiger partial charge in [0.15, 0.2) is 23.2 Å². The van der Waals surface area contributed by atoms with Crippen molar-refractivity contribution in [1.82, 2.24) is 19.5 Å². The number of anilines is 1. The molecule has 3 aromatic rings. The molecule has 3 N–H and O–H groups in total. The van der Waals surface area contributed by atoms with Gasteiger partial charge in [-0.25, -0.2) is 15.0 Å². The summed E-state index contributed by atoms with van der Waals surface area (Å²) in [5.41, 5.74) is 1.85. The molecule has 9 nitrogen and oxygen atoms in total. The van der Waals surface area contributed by atoms with Crippen LogP contribution in [0.1, 0.15) is 25.6 Å². The summed E-state index contributed by atoms with van der Waals surface area (Å²) in [7, 11) is 1.49. The minimum Gasteiger partial charge on any atom is -0.394 e. The zero-order chi connectivity index (χ0) is 20.6. The molecule has 0 spiro atoms. The Balaban J connectivity index is 1.69. The molecule has 0 amide bonds. The van der Waals surface area contributed by atoms with Crippen LogP contribution in [0.2, 0.25) is 0 Å². The molecule has 3 heterocycles. The third-order valence-electron chi connectivity index (χ3n) is 5.32. The van der Waals surface area contributed by atoms with Crippen LogP contribution in [0.25, 0.3) is 11.2 Å². The van der Waals surface area contributed by atoms with Crippen molar-refractivity contribution in [2.45, 2.75) is 43.9 Å². The van der Waals surface area contributed by atoms with Gasteiger partial charge in [-0.1, -0.05) is 30.3 Å². The number of methoxy groups -OCH3 is 1. The van der Waals surface area contributed by atoms with Gasteiger partial charge in [0.1, 0.15) is 24.6 Å². The molecule has 1 aliphatic heterocycles. The summed E-state index contributed by atoms with van der Waals surface area (Å²) < 4.78 is 12.9. The van der Waals surface area contributed by atoms with Crippen molar-refractivity contribution in [3.05, 3.63) is 48.5 Å². The number of aliphatic hydroxyl groups is 2. The molecule has 9 heteroatoms. The summed E-state index contributed by atoms with van der Waals surface area (Å²) in [4.78, 5) is 13.2. The van der Waals surface area contributed by atoms with Gasteiger partial charge in [-0.2, -0.15) is 0 Å². The van der Waals surface area contributed by atoms with Gasteiger partial charge in [0.2, 0.25) is 0 Å². The lowest BCUT2D eigenvalue weighted by molar-refractivity contribution is -0.0583. The van der Waals surface area contributed by atoms with Crippen molar-refractivity contribution in [1.29, 1.82) is 0 Å². The number of nitrogens with zero attached hydrogens (tertiary/aromatic N) is 4. The van der Waals surface area contributed by atoms with Gasteiger partial charge < -0.3 is 25.0 Å². The molecule has 29 heavy (non-hydrogen) atoms. The van der Waals surface area contributed by atoms with Gasteiger partial charge in [-0.3, -0.25) is 4.57 Å². The Morgan fingerprint density at radius 2 is 1.97 bits per heavy atom. The largest absolute Gasteiger partial charge is 0.394 e. The summed E-state index contributed by atoms with van der Waals surface area (Å²) >= 11 is 0. The zero-order valence-corrected chi connectivity index (χ0v) is 16.6. The number of aliphatic hydroxyl groups excluding tert-OH is 2. The number of hydrogen-bond acceptors (Lipinski definition) is 8. The van der Waals surface area contributed by atoms with Crippen molar-refractivity contribution in [3.8, 4) is 0 Å². The van der Waals surface area contributed by atoms with E-state index in [1.54, 1.807) is 10.9 Å². The fraction of sp³-hybridized carbons (Fsp3) is 0.450. The summed E-state index contributed by atoms with van der Waals surface area (Å²) in [6.45, 7) is 3.82. The Bertz CT molecular complexity index is 977. The molecule has 1 fully saturated rings. The lowest BCUT2D eigenvalue weighted by Gasteiger charge is -2.27. The Kier molecular flexibility index (Phi) is 5.22. The molecule has 4 rings (SSSR count). The van der Waals surface area contributed by atoms with E-state index in [4.69, 9.17) is 9.47 Å². The molecule has 4 atom stereocenters. The van der Waals surface area contributed by atoms with Crippen molar-refractivity contribution < 1.29 is 19.7 Å². The molecule has 1 saturated heterocycles. The molecule has 0 saturated carbocycles. The number of fused-ring (bicyclic) bond motifs is 1. The van der Waals surface area contributed by atoms with Crippen LogP contribution < -0.4 is 5.32 Å². The van der Waals surface area contributed by atoms with Gasteiger partial charge in [0, 0.05) is 7.11 Å².